The third-order valence-corrected chi connectivity index (χ3v) is 2.06. The number of ether oxygens (including phenoxy) is 1. The van der Waals surface area contributed by atoms with Gasteiger partial charge < -0.3 is 9.64 Å². The van der Waals surface area contributed by atoms with Crippen LogP contribution in [0.5, 0.6) is 0 Å². The van der Waals surface area contributed by atoms with Crippen molar-refractivity contribution >= 4 is 5.97 Å². The maximum absolute atomic E-state index is 11.3. The summed E-state index contributed by atoms with van der Waals surface area (Å²) in [6.07, 6.45) is 1.06. The normalized spacial score (nSPS) is 11.1. The fourth-order valence-corrected chi connectivity index (χ4v) is 1.32. The van der Waals surface area contributed by atoms with E-state index in [-0.39, 0.29) is 5.97 Å². The first kappa shape index (κ1) is 14.4. The number of hydrogen-bond acceptors (Lipinski definition) is 4. The molecule has 0 heterocycles. The SMILES string of the molecule is CCCN(CCN(C)C)CC(=O)OCC. The summed E-state index contributed by atoms with van der Waals surface area (Å²) in [6.45, 7) is 7.67. The molecule has 0 aromatic rings. The molecule has 15 heavy (non-hydrogen) atoms. The zero-order valence-electron chi connectivity index (χ0n) is 10.5. The second-order valence-corrected chi connectivity index (χ2v) is 3.88. The zero-order chi connectivity index (χ0) is 11.7. The zero-order valence-corrected chi connectivity index (χ0v) is 10.5. The van der Waals surface area contributed by atoms with Crippen LogP contribution in [0.2, 0.25) is 0 Å². The molecule has 0 N–H and O–H groups in total. The van der Waals surface area contributed by atoms with E-state index in [9.17, 15) is 4.79 Å². The Hall–Kier alpha value is -0.610. The Morgan fingerprint density at radius 1 is 1.13 bits per heavy atom. The molecule has 0 unspecified atom stereocenters. The predicted molar refractivity (Wildman–Crippen MR) is 61.9 cm³/mol. The van der Waals surface area contributed by atoms with Crippen molar-refractivity contribution in [2.24, 2.45) is 0 Å². The van der Waals surface area contributed by atoms with Crippen molar-refractivity contribution in [2.45, 2.75) is 20.3 Å². The molecule has 0 fully saturated rings. The molecular weight excluding hydrogens is 192 g/mol. The molecule has 0 saturated heterocycles. The predicted octanol–water partition coefficient (Wildman–Crippen LogP) is 0.823. The fraction of sp³-hybridized carbons (Fsp3) is 0.909. The van der Waals surface area contributed by atoms with E-state index in [0.717, 1.165) is 26.1 Å². The van der Waals surface area contributed by atoms with Crippen LogP contribution in [0.1, 0.15) is 20.3 Å². The first-order valence-corrected chi connectivity index (χ1v) is 5.62. The molecule has 0 aliphatic heterocycles. The van der Waals surface area contributed by atoms with E-state index in [1.165, 1.54) is 0 Å². The summed E-state index contributed by atoms with van der Waals surface area (Å²) in [7, 11) is 4.07. The van der Waals surface area contributed by atoms with Crippen molar-refractivity contribution in [3.8, 4) is 0 Å². The number of rotatable bonds is 8. The first-order valence-electron chi connectivity index (χ1n) is 5.62. The smallest absolute Gasteiger partial charge is 0.320 e. The topological polar surface area (TPSA) is 32.8 Å². The van der Waals surface area contributed by atoms with Gasteiger partial charge in [0.15, 0.2) is 0 Å². The van der Waals surface area contributed by atoms with Crippen molar-refractivity contribution in [3.05, 3.63) is 0 Å². The van der Waals surface area contributed by atoms with Crippen LogP contribution in [0.3, 0.4) is 0 Å². The van der Waals surface area contributed by atoms with Gasteiger partial charge in [-0.1, -0.05) is 6.92 Å². The van der Waals surface area contributed by atoms with Gasteiger partial charge in [0.1, 0.15) is 0 Å². The third-order valence-electron chi connectivity index (χ3n) is 2.06. The van der Waals surface area contributed by atoms with Gasteiger partial charge in [-0.05, 0) is 34.0 Å². The molecule has 0 aromatic heterocycles. The van der Waals surface area contributed by atoms with E-state index in [4.69, 9.17) is 4.74 Å². The Bertz CT molecular complexity index is 172. The van der Waals surface area contributed by atoms with Gasteiger partial charge in [-0.25, -0.2) is 0 Å². The molecule has 0 saturated carbocycles. The number of esters is 1. The first-order chi connectivity index (χ1) is 7.10. The average molecular weight is 216 g/mol. The van der Waals surface area contributed by atoms with E-state index in [0.29, 0.717) is 13.2 Å². The third kappa shape index (κ3) is 8.39. The Balaban J connectivity index is 3.86. The quantitative estimate of drug-likeness (QED) is 0.562. The molecule has 0 spiro atoms. The van der Waals surface area contributed by atoms with Gasteiger partial charge in [-0.3, -0.25) is 9.69 Å². The number of likely N-dealkylation sites (N-methyl/N-ethyl adjacent to an activating group) is 1. The van der Waals surface area contributed by atoms with Crippen LogP contribution < -0.4 is 0 Å². The van der Waals surface area contributed by atoms with Crippen LogP contribution >= 0.6 is 0 Å². The second kappa shape index (κ2) is 8.68. The molecule has 0 amide bonds. The van der Waals surface area contributed by atoms with Gasteiger partial charge in [-0.2, -0.15) is 0 Å². The number of hydrogen-bond donors (Lipinski definition) is 0. The molecule has 0 aliphatic rings. The summed E-state index contributed by atoms with van der Waals surface area (Å²) in [5.74, 6) is -0.121. The number of carbonyl (C=O) groups excluding carboxylic acids is 1. The lowest BCUT2D eigenvalue weighted by Crippen LogP contribution is -2.36. The minimum atomic E-state index is -0.121. The van der Waals surface area contributed by atoms with Crippen molar-refractivity contribution in [3.63, 3.8) is 0 Å². The minimum absolute atomic E-state index is 0.121. The maximum atomic E-state index is 11.3. The lowest BCUT2D eigenvalue weighted by molar-refractivity contribution is -0.144. The highest BCUT2D eigenvalue weighted by Gasteiger charge is 2.10. The molecule has 0 bridgehead atoms. The number of nitrogens with zero attached hydrogens (tertiary/aromatic N) is 2. The molecular formula is C11H24N2O2. The molecule has 0 rings (SSSR count). The molecule has 0 atom stereocenters. The lowest BCUT2D eigenvalue weighted by Gasteiger charge is -2.22. The second-order valence-electron chi connectivity index (χ2n) is 3.88. The molecule has 0 aromatic carbocycles. The van der Waals surface area contributed by atoms with Crippen LogP contribution in [0.15, 0.2) is 0 Å². The Kier molecular flexibility index (Phi) is 8.33. The molecule has 0 radical (unpaired) electrons. The number of carbonyl (C=O) groups is 1. The molecule has 4 heteroatoms. The monoisotopic (exact) mass is 216 g/mol. The lowest BCUT2D eigenvalue weighted by atomic mass is 10.4. The highest BCUT2D eigenvalue weighted by molar-refractivity contribution is 5.71. The van der Waals surface area contributed by atoms with Crippen LogP contribution in [0.4, 0.5) is 0 Å². The summed E-state index contributed by atoms with van der Waals surface area (Å²) in [4.78, 5) is 15.6. The molecule has 0 aliphatic carbocycles. The fourth-order valence-electron chi connectivity index (χ4n) is 1.32. The van der Waals surface area contributed by atoms with Gasteiger partial charge >= 0.3 is 5.97 Å². The standard InChI is InChI=1S/C11H24N2O2/c1-5-7-13(9-8-12(3)4)10-11(14)15-6-2/h5-10H2,1-4H3. The van der Waals surface area contributed by atoms with Crippen LogP contribution in [-0.4, -0.2) is 62.7 Å². The summed E-state index contributed by atoms with van der Waals surface area (Å²) in [5, 5.41) is 0. The van der Waals surface area contributed by atoms with Crippen LogP contribution in [0, 0.1) is 0 Å². The van der Waals surface area contributed by atoms with E-state index < -0.39 is 0 Å². The van der Waals surface area contributed by atoms with Gasteiger partial charge in [0.25, 0.3) is 0 Å². The van der Waals surface area contributed by atoms with Gasteiger partial charge in [0.05, 0.1) is 13.2 Å². The highest BCUT2D eigenvalue weighted by atomic mass is 16.5. The minimum Gasteiger partial charge on any atom is -0.465 e. The Morgan fingerprint density at radius 2 is 1.80 bits per heavy atom. The van der Waals surface area contributed by atoms with Crippen LogP contribution in [0.25, 0.3) is 0 Å². The van der Waals surface area contributed by atoms with E-state index in [1.54, 1.807) is 0 Å². The van der Waals surface area contributed by atoms with Crippen molar-refractivity contribution in [1.82, 2.24) is 9.80 Å². The maximum Gasteiger partial charge on any atom is 0.320 e. The Labute approximate surface area is 93.2 Å². The van der Waals surface area contributed by atoms with Crippen molar-refractivity contribution in [2.75, 3.05) is 46.9 Å². The summed E-state index contributed by atoms with van der Waals surface area (Å²) in [5.41, 5.74) is 0. The van der Waals surface area contributed by atoms with Crippen molar-refractivity contribution in [1.29, 1.82) is 0 Å². The molecule has 90 valence electrons. The van der Waals surface area contributed by atoms with E-state index in [2.05, 4.69) is 16.7 Å². The summed E-state index contributed by atoms with van der Waals surface area (Å²) in [6, 6.07) is 0. The Morgan fingerprint density at radius 3 is 2.27 bits per heavy atom. The van der Waals surface area contributed by atoms with Gasteiger partial charge in [-0.15, -0.1) is 0 Å². The summed E-state index contributed by atoms with van der Waals surface area (Å²) >= 11 is 0. The van der Waals surface area contributed by atoms with Crippen LogP contribution in [-0.2, 0) is 9.53 Å². The average Bonchev–Trinajstić information content (AvgIpc) is 2.15. The largest absolute Gasteiger partial charge is 0.465 e. The van der Waals surface area contributed by atoms with Gasteiger partial charge in [0, 0.05) is 13.1 Å². The van der Waals surface area contributed by atoms with Gasteiger partial charge in [0.2, 0.25) is 0 Å². The van der Waals surface area contributed by atoms with Crippen molar-refractivity contribution < 1.29 is 9.53 Å². The molecule has 4 nitrogen and oxygen atoms in total. The summed E-state index contributed by atoms with van der Waals surface area (Å²) < 4.78 is 4.93. The van der Waals surface area contributed by atoms with E-state index in [1.807, 2.05) is 21.0 Å². The van der Waals surface area contributed by atoms with E-state index >= 15 is 0 Å². The highest BCUT2D eigenvalue weighted by Crippen LogP contribution is 1.93.